The number of halogens is 1. The molecular formula is C17H17BrN2O2S. The molecule has 0 aliphatic heterocycles. The fourth-order valence-electron chi connectivity index (χ4n) is 2.75. The second-order valence-corrected chi connectivity index (χ2v) is 8.43. The number of aryl methyl sites for hydroxylation is 2. The first kappa shape index (κ1) is 16.2. The predicted octanol–water partition coefficient (Wildman–Crippen LogP) is 3.62. The van der Waals surface area contributed by atoms with Gasteiger partial charge in [-0.05, 0) is 60.3 Å². The molecule has 2 aromatic rings. The molecular weight excluding hydrogens is 376 g/mol. The summed E-state index contributed by atoms with van der Waals surface area (Å²) in [6, 6.07) is 9.72. The highest BCUT2D eigenvalue weighted by molar-refractivity contribution is 9.11. The summed E-state index contributed by atoms with van der Waals surface area (Å²) in [6.45, 7) is 4.06. The minimum Gasteiger partial charge on any atom is -0.272 e. The third-order valence-electron chi connectivity index (χ3n) is 4.05. The number of hydrogen-bond acceptors (Lipinski definition) is 3. The highest BCUT2D eigenvalue weighted by Crippen LogP contribution is 2.48. The van der Waals surface area contributed by atoms with E-state index in [0.717, 1.165) is 33.3 Å². The van der Waals surface area contributed by atoms with E-state index in [1.54, 1.807) is 12.1 Å². The van der Waals surface area contributed by atoms with Crippen LogP contribution in [0.3, 0.4) is 0 Å². The number of rotatable bonds is 3. The van der Waals surface area contributed by atoms with Crippen LogP contribution in [0, 0.1) is 13.8 Å². The van der Waals surface area contributed by atoms with Crippen molar-refractivity contribution in [2.24, 2.45) is 0 Å². The lowest BCUT2D eigenvalue weighted by Gasteiger charge is -2.17. The molecule has 0 unspecified atom stereocenters. The molecule has 1 aromatic heterocycles. The number of amides is 2. The van der Waals surface area contributed by atoms with Crippen molar-refractivity contribution in [3.63, 3.8) is 0 Å². The van der Waals surface area contributed by atoms with E-state index >= 15 is 0 Å². The monoisotopic (exact) mass is 392 g/mol. The van der Waals surface area contributed by atoms with Gasteiger partial charge < -0.3 is 0 Å². The standard InChI is InChI=1S/C17H17BrN2O2S/c1-10-7-11(2)9-12(8-10)17(5-6-17)16(22)20-19-15(21)13-3-4-14(18)23-13/h3-4,7-9H,5-6H2,1-2H3,(H,19,21)(H,20,22). The minimum absolute atomic E-state index is 0.147. The second-order valence-electron chi connectivity index (χ2n) is 5.97. The van der Waals surface area contributed by atoms with Gasteiger partial charge in [0, 0.05) is 0 Å². The highest BCUT2D eigenvalue weighted by Gasteiger charge is 2.51. The average Bonchev–Trinajstić information content (AvgIpc) is 3.20. The van der Waals surface area contributed by atoms with Gasteiger partial charge >= 0.3 is 0 Å². The first-order valence-corrected chi connectivity index (χ1v) is 8.96. The van der Waals surface area contributed by atoms with Gasteiger partial charge in [-0.15, -0.1) is 11.3 Å². The zero-order chi connectivity index (χ0) is 16.6. The molecule has 1 aliphatic rings. The van der Waals surface area contributed by atoms with Crippen molar-refractivity contribution >= 4 is 39.1 Å². The van der Waals surface area contributed by atoms with Crippen LogP contribution >= 0.6 is 27.3 Å². The Morgan fingerprint density at radius 1 is 1.09 bits per heavy atom. The lowest BCUT2D eigenvalue weighted by molar-refractivity contribution is -0.124. The molecule has 2 amide bonds. The van der Waals surface area contributed by atoms with Crippen LogP contribution in [0.1, 0.15) is 39.2 Å². The Morgan fingerprint density at radius 2 is 1.74 bits per heavy atom. The zero-order valence-electron chi connectivity index (χ0n) is 12.9. The average molecular weight is 393 g/mol. The fourth-order valence-corrected chi connectivity index (χ4v) is 4.04. The highest BCUT2D eigenvalue weighted by atomic mass is 79.9. The quantitative estimate of drug-likeness (QED) is 0.783. The summed E-state index contributed by atoms with van der Waals surface area (Å²) in [5, 5.41) is 0. The first-order valence-electron chi connectivity index (χ1n) is 7.36. The Labute approximate surface area is 147 Å². The Balaban J connectivity index is 1.69. The molecule has 1 saturated carbocycles. The summed E-state index contributed by atoms with van der Waals surface area (Å²) in [5.41, 5.74) is 7.91. The fraction of sp³-hybridized carbons (Fsp3) is 0.294. The van der Waals surface area contributed by atoms with Gasteiger partial charge in [-0.25, -0.2) is 0 Å². The van der Waals surface area contributed by atoms with Crippen molar-refractivity contribution in [2.45, 2.75) is 32.1 Å². The smallest absolute Gasteiger partial charge is 0.272 e. The molecule has 1 fully saturated rings. The van der Waals surface area contributed by atoms with Crippen molar-refractivity contribution in [1.82, 2.24) is 10.9 Å². The number of nitrogens with one attached hydrogen (secondary N) is 2. The van der Waals surface area contributed by atoms with Gasteiger partial charge in [0.05, 0.1) is 14.1 Å². The van der Waals surface area contributed by atoms with Crippen LogP contribution in [0.2, 0.25) is 0 Å². The van der Waals surface area contributed by atoms with Crippen LogP contribution in [0.4, 0.5) is 0 Å². The minimum atomic E-state index is -0.500. The molecule has 0 saturated heterocycles. The molecule has 3 rings (SSSR count). The molecule has 120 valence electrons. The maximum Gasteiger partial charge on any atom is 0.279 e. The van der Waals surface area contributed by atoms with Crippen LogP contribution < -0.4 is 10.9 Å². The number of thiophene rings is 1. The number of hydrogen-bond donors (Lipinski definition) is 2. The molecule has 1 aliphatic carbocycles. The van der Waals surface area contributed by atoms with Crippen molar-refractivity contribution in [1.29, 1.82) is 0 Å². The normalized spacial score (nSPS) is 15.1. The molecule has 1 heterocycles. The van der Waals surface area contributed by atoms with Gasteiger partial charge in [-0.3, -0.25) is 20.4 Å². The van der Waals surface area contributed by atoms with Crippen LogP contribution in [0.25, 0.3) is 0 Å². The summed E-state index contributed by atoms with van der Waals surface area (Å²) in [7, 11) is 0. The van der Waals surface area contributed by atoms with Crippen molar-refractivity contribution in [3.05, 3.63) is 55.7 Å². The topological polar surface area (TPSA) is 58.2 Å². The molecule has 1 aromatic carbocycles. The van der Waals surface area contributed by atoms with Gasteiger partial charge in [0.2, 0.25) is 5.91 Å². The molecule has 0 spiro atoms. The van der Waals surface area contributed by atoms with E-state index in [4.69, 9.17) is 0 Å². The van der Waals surface area contributed by atoms with Crippen LogP contribution in [0.5, 0.6) is 0 Å². The Kier molecular flexibility index (Phi) is 4.29. The maximum atomic E-state index is 12.6. The molecule has 6 heteroatoms. The summed E-state index contributed by atoms with van der Waals surface area (Å²) in [5.74, 6) is -0.447. The Hall–Kier alpha value is -1.66. The van der Waals surface area contributed by atoms with Crippen LogP contribution in [-0.2, 0) is 10.2 Å². The van der Waals surface area contributed by atoms with Crippen LogP contribution in [0.15, 0.2) is 34.1 Å². The summed E-state index contributed by atoms with van der Waals surface area (Å²) < 4.78 is 0.878. The van der Waals surface area contributed by atoms with Crippen molar-refractivity contribution in [2.75, 3.05) is 0 Å². The number of hydrazine groups is 1. The zero-order valence-corrected chi connectivity index (χ0v) is 15.3. The van der Waals surface area contributed by atoms with Crippen molar-refractivity contribution in [3.8, 4) is 0 Å². The molecule has 0 atom stereocenters. The van der Waals surface area contributed by atoms with Gasteiger partial charge in [0.25, 0.3) is 5.91 Å². The lowest BCUT2D eigenvalue weighted by Crippen LogP contribution is -2.46. The van der Waals surface area contributed by atoms with E-state index in [9.17, 15) is 9.59 Å². The van der Waals surface area contributed by atoms with Gasteiger partial charge in [-0.1, -0.05) is 29.3 Å². The molecule has 0 bridgehead atoms. The van der Waals surface area contributed by atoms with E-state index in [2.05, 4.69) is 45.0 Å². The second kappa shape index (κ2) is 6.09. The molecule has 4 nitrogen and oxygen atoms in total. The SMILES string of the molecule is Cc1cc(C)cc(C2(C(=O)NNC(=O)c3ccc(Br)s3)CC2)c1. The van der Waals surface area contributed by atoms with Gasteiger partial charge in [0.15, 0.2) is 0 Å². The first-order chi connectivity index (χ1) is 10.9. The summed E-state index contributed by atoms with van der Waals surface area (Å²) in [6.07, 6.45) is 1.62. The van der Waals surface area contributed by atoms with E-state index in [1.807, 2.05) is 13.8 Å². The third-order valence-corrected chi connectivity index (χ3v) is 5.67. The number of benzene rings is 1. The lowest BCUT2D eigenvalue weighted by atomic mass is 9.92. The molecule has 2 N–H and O–H groups in total. The Bertz CT molecular complexity index is 760. The number of carbonyl (C=O) groups is 2. The van der Waals surface area contributed by atoms with E-state index < -0.39 is 5.41 Å². The van der Waals surface area contributed by atoms with Crippen molar-refractivity contribution < 1.29 is 9.59 Å². The van der Waals surface area contributed by atoms with E-state index in [0.29, 0.717) is 4.88 Å². The Morgan fingerprint density at radius 3 is 2.26 bits per heavy atom. The van der Waals surface area contributed by atoms with Crippen LogP contribution in [-0.4, -0.2) is 11.8 Å². The third kappa shape index (κ3) is 3.33. The van der Waals surface area contributed by atoms with Gasteiger partial charge in [-0.2, -0.15) is 0 Å². The molecule has 23 heavy (non-hydrogen) atoms. The molecule has 0 radical (unpaired) electrons. The summed E-state index contributed by atoms with van der Waals surface area (Å²) in [4.78, 5) is 25.1. The largest absolute Gasteiger partial charge is 0.279 e. The summed E-state index contributed by atoms with van der Waals surface area (Å²) >= 11 is 4.64. The number of carbonyl (C=O) groups excluding carboxylic acids is 2. The maximum absolute atomic E-state index is 12.6. The van der Waals surface area contributed by atoms with E-state index in [1.165, 1.54) is 11.3 Å². The van der Waals surface area contributed by atoms with E-state index in [-0.39, 0.29) is 11.8 Å². The van der Waals surface area contributed by atoms with Gasteiger partial charge in [0.1, 0.15) is 0 Å². The predicted molar refractivity (Wildman–Crippen MR) is 94.5 cm³/mol.